The van der Waals surface area contributed by atoms with Crippen LogP contribution < -0.4 is 0 Å². The van der Waals surface area contributed by atoms with Crippen LogP contribution in [0.25, 0.3) is 0 Å². The lowest BCUT2D eigenvalue weighted by Crippen LogP contribution is -2.46. The molecule has 0 amide bonds. The van der Waals surface area contributed by atoms with Crippen LogP contribution in [0.3, 0.4) is 0 Å². The second kappa shape index (κ2) is 6.41. The van der Waals surface area contributed by atoms with Crippen LogP contribution in [0.2, 0.25) is 5.02 Å². The molecule has 0 aliphatic carbocycles. The van der Waals surface area contributed by atoms with Gasteiger partial charge in [0.25, 0.3) is 5.69 Å². The van der Waals surface area contributed by atoms with E-state index in [-0.39, 0.29) is 12.2 Å². The molecule has 1 fully saturated rings. The van der Waals surface area contributed by atoms with Gasteiger partial charge in [-0.2, -0.15) is 0 Å². The van der Waals surface area contributed by atoms with E-state index in [0.717, 1.165) is 6.42 Å². The molecule has 0 spiro atoms. The molecule has 114 valence electrons. The fraction of sp³-hybridized carbons (Fsp3) is 0.500. The number of rotatable bonds is 4. The van der Waals surface area contributed by atoms with Crippen molar-refractivity contribution in [3.8, 4) is 0 Å². The first-order valence-corrected chi connectivity index (χ1v) is 7.16. The van der Waals surface area contributed by atoms with E-state index in [1.54, 1.807) is 4.90 Å². The predicted molar refractivity (Wildman–Crippen MR) is 78.3 cm³/mol. The number of hydrogen-bond donors (Lipinski definition) is 1. The van der Waals surface area contributed by atoms with Gasteiger partial charge in [-0.05, 0) is 37.4 Å². The molecule has 7 heteroatoms. The van der Waals surface area contributed by atoms with Crippen LogP contribution in [0.5, 0.6) is 0 Å². The normalized spacial score (nSPS) is 23.0. The quantitative estimate of drug-likeness (QED) is 0.682. The predicted octanol–water partition coefficient (Wildman–Crippen LogP) is 2.93. The van der Waals surface area contributed by atoms with Crippen molar-refractivity contribution >= 4 is 23.3 Å². The number of nitro groups is 1. The van der Waals surface area contributed by atoms with Crippen molar-refractivity contribution in [2.45, 2.75) is 32.4 Å². The Hall–Kier alpha value is -1.66. The molecule has 6 nitrogen and oxygen atoms in total. The van der Waals surface area contributed by atoms with Gasteiger partial charge in [-0.3, -0.25) is 19.8 Å². The molecule has 0 saturated carbocycles. The molecule has 1 saturated heterocycles. The van der Waals surface area contributed by atoms with Gasteiger partial charge in [-0.15, -0.1) is 0 Å². The summed E-state index contributed by atoms with van der Waals surface area (Å²) in [5.74, 6) is -0.539. The largest absolute Gasteiger partial charge is 0.480 e. The second-order valence-electron chi connectivity index (χ2n) is 5.48. The minimum atomic E-state index is -0.883. The standard InChI is InChI=1S/C14H17ClN2O4/c1-9-4-5-16(13(6-9)14(18)19)8-10-7-11(15)2-3-12(10)17(20)21/h2-3,7,9,13H,4-6,8H2,1H3,(H,18,19). The zero-order valence-electron chi connectivity index (χ0n) is 11.7. The molecule has 1 aromatic rings. The fourth-order valence-electron chi connectivity index (χ4n) is 2.71. The van der Waals surface area contributed by atoms with E-state index in [1.165, 1.54) is 18.2 Å². The van der Waals surface area contributed by atoms with Crippen LogP contribution in [-0.2, 0) is 11.3 Å². The summed E-state index contributed by atoms with van der Waals surface area (Å²) in [7, 11) is 0. The van der Waals surface area contributed by atoms with E-state index in [4.69, 9.17) is 11.6 Å². The molecule has 0 radical (unpaired) electrons. The number of likely N-dealkylation sites (tertiary alicyclic amines) is 1. The third-order valence-corrected chi connectivity index (χ3v) is 4.11. The number of carboxylic acid groups (broad SMARTS) is 1. The molecule has 2 rings (SSSR count). The number of aliphatic carboxylic acids is 1. The molecule has 1 heterocycles. The number of hydrogen-bond acceptors (Lipinski definition) is 4. The van der Waals surface area contributed by atoms with Gasteiger partial charge in [0.15, 0.2) is 0 Å². The maximum atomic E-state index is 11.4. The van der Waals surface area contributed by atoms with Gasteiger partial charge in [-0.1, -0.05) is 18.5 Å². The average Bonchev–Trinajstić information content (AvgIpc) is 2.40. The number of piperidine rings is 1. The van der Waals surface area contributed by atoms with Gasteiger partial charge in [0.05, 0.1) is 4.92 Å². The fourth-order valence-corrected chi connectivity index (χ4v) is 2.91. The van der Waals surface area contributed by atoms with Crippen molar-refractivity contribution < 1.29 is 14.8 Å². The summed E-state index contributed by atoms with van der Waals surface area (Å²) in [5.41, 5.74) is 0.426. The van der Waals surface area contributed by atoms with E-state index in [9.17, 15) is 20.0 Å². The van der Waals surface area contributed by atoms with Crippen molar-refractivity contribution in [3.63, 3.8) is 0 Å². The summed E-state index contributed by atoms with van der Waals surface area (Å²) in [6.07, 6.45) is 1.45. The van der Waals surface area contributed by atoms with Gasteiger partial charge < -0.3 is 5.11 Å². The van der Waals surface area contributed by atoms with Crippen LogP contribution in [0, 0.1) is 16.0 Å². The average molecular weight is 313 g/mol. The highest BCUT2D eigenvalue weighted by Gasteiger charge is 2.32. The Balaban J connectivity index is 2.25. The smallest absolute Gasteiger partial charge is 0.320 e. The first kappa shape index (κ1) is 15.7. The monoisotopic (exact) mass is 312 g/mol. The third-order valence-electron chi connectivity index (χ3n) is 3.87. The number of nitro benzene ring substituents is 1. The molecule has 1 N–H and O–H groups in total. The highest BCUT2D eigenvalue weighted by molar-refractivity contribution is 6.30. The number of nitrogens with zero attached hydrogens (tertiary/aromatic N) is 2. The number of carbonyl (C=O) groups is 1. The van der Waals surface area contributed by atoms with Gasteiger partial charge in [0, 0.05) is 23.2 Å². The second-order valence-corrected chi connectivity index (χ2v) is 5.92. The minimum Gasteiger partial charge on any atom is -0.480 e. The van der Waals surface area contributed by atoms with E-state index < -0.39 is 16.9 Å². The van der Waals surface area contributed by atoms with Crippen molar-refractivity contribution in [1.29, 1.82) is 0 Å². The number of carboxylic acids is 1. The molecule has 1 aliphatic heterocycles. The number of benzene rings is 1. The minimum absolute atomic E-state index is 0.0258. The summed E-state index contributed by atoms with van der Waals surface area (Å²) >= 11 is 5.90. The highest BCUT2D eigenvalue weighted by Crippen LogP contribution is 2.28. The SMILES string of the molecule is CC1CCN(Cc2cc(Cl)ccc2[N+](=O)[O-])C(C(=O)O)C1. The van der Waals surface area contributed by atoms with Crippen molar-refractivity contribution in [1.82, 2.24) is 4.90 Å². The van der Waals surface area contributed by atoms with Crippen LogP contribution in [0.1, 0.15) is 25.3 Å². The first-order valence-electron chi connectivity index (χ1n) is 6.78. The molecule has 0 bridgehead atoms. The lowest BCUT2D eigenvalue weighted by molar-refractivity contribution is -0.385. The molecule has 2 atom stereocenters. The maximum absolute atomic E-state index is 11.4. The summed E-state index contributed by atoms with van der Waals surface area (Å²) in [6.45, 7) is 2.86. The van der Waals surface area contributed by atoms with E-state index in [1.807, 2.05) is 6.92 Å². The first-order chi connectivity index (χ1) is 9.88. The Morgan fingerprint density at radius 1 is 1.57 bits per heavy atom. The van der Waals surface area contributed by atoms with E-state index in [2.05, 4.69) is 0 Å². The van der Waals surface area contributed by atoms with Crippen LogP contribution in [-0.4, -0.2) is 33.5 Å². The van der Waals surface area contributed by atoms with Gasteiger partial charge >= 0.3 is 5.97 Å². The zero-order valence-corrected chi connectivity index (χ0v) is 12.4. The Kier molecular flexibility index (Phi) is 4.80. The summed E-state index contributed by atoms with van der Waals surface area (Å²) in [4.78, 5) is 23.8. The van der Waals surface area contributed by atoms with Crippen LogP contribution in [0.4, 0.5) is 5.69 Å². The summed E-state index contributed by atoms with van der Waals surface area (Å²) in [5, 5.41) is 20.8. The molecular formula is C14H17ClN2O4. The van der Waals surface area contributed by atoms with Gasteiger partial charge in [-0.25, -0.2) is 0 Å². The lowest BCUT2D eigenvalue weighted by Gasteiger charge is -2.35. The number of halogens is 1. The Morgan fingerprint density at radius 3 is 2.90 bits per heavy atom. The van der Waals surface area contributed by atoms with E-state index in [0.29, 0.717) is 29.5 Å². The Bertz CT molecular complexity index is 564. The summed E-state index contributed by atoms with van der Waals surface area (Å²) < 4.78 is 0. The molecule has 1 aliphatic rings. The molecule has 1 aromatic carbocycles. The Labute approximate surface area is 127 Å². The van der Waals surface area contributed by atoms with Gasteiger partial charge in [0.2, 0.25) is 0 Å². The van der Waals surface area contributed by atoms with Crippen molar-refractivity contribution in [2.24, 2.45) is 5.92 Å². The van der Waals surface area contributed by atoms with Crippen molar-refractivity contribution in [3.05, 3.63) is 38.9 Å². The van der Waals surface area contributed by atoms with Crippen LogP contribution in [0.15, 0.2) is 18.2 Å². The highest BCUT2D eigenvalue weighted by atomic mass is 35.5. The lowest BCUT2D eigenvalue weighted by atomic mass is 9.92. The van der Waals surface area contributed by atoms with Gasteiger partial charge in [0.1, 0.15) is 6.04 Å². The molecular weight excluding hydrogens is 296 g/mol. The zero-order chi connectivity index (χ0) is 15.6. The maximum Gasteiger partial charge on any atom is 0.320 e. The molecule has 2 unspecified atom stereocenters. The van der Waals surface area contributed by atoms with E-state index >= 15 is 0 Å². The molecule has 21 heavy (non-hydrogen) atoms. The molecule has 0 aromatic heterocycles. The van der Waals surface area contributed by atoms with Crippen LogP contribution >= 0.6 is 11.6 Å². The summed E-state index contributed by atoms with van der Waals surface area (Å²) in [6, 6.07) is 3.76. The Morgan fingerprint density at radius 2 is 2.29 bits per heavy atom. The van der Waals surface area contributed by atoms with Crippen molar-refractivity contribution in [2.75, 3.05) is 6.54 Å². The topological polar surface area (TPSA) is 83.7 Å². The third kappa shape index (κ3) is 3.71.